The zero-order chi connectivity index (χ0) is 18.7. The maximum atomic E-state index is 9.70. The highest BCUT2D eigenvalue weighted by Crippen LogP contribution is 2.24. The molecule has 13 nitrogen and oxygen atoms in total. The van der Waals surface area contributed by atoms with Crippen molar-refractivity contribution in [3.63, 3.8) is 0 Å². The molecule has 10 atom stereocenters. The second-order valence-electron chi connectivity index (χ2n) is 5.66. The van der Waals surface area contributed by atoms with Crippen LogP contribution < -0.4 is 0 Å². The van der Waals surface area contributed by atoms with E-state index < -0.39 is 74.6 Å². The average Bonchev–Trinajstić information content (AvgIpc) is 2.61. The molecule has 0 unspecified atom stereocenters. The molecule has 0 aromatic rings. The second-order valence-corrected chi connectivity index (χ2v) is 5.66. The predicted molar refractivity (Wildman–Crippen MR) is 70.8 cm³/mol. The summed E-state index contributed by atoms with van der Waals surface area (Å²) < 4.78 is 9.91. The van der Waals surface area contributed by atoms with E-state index in [1.165, 1.54) is 0 Å². The fourth-order valence-corrected chi connectivity index (χ4v) is 2.39. The Hall–Kier alpha value is -0.520. The Kier molecular flexibility index (Phi) is 7.41. The first-order valence-corrected chi connectivity index (χ1v) is 7.41. The molecule has 2 saturated heterocycles. The van der Waals surface area contributed by atoms with Crippen LogP contribution in [0, 0.1) is 0 Å². The lowest BCUT2D eigenvalue weighted by Gasteiger charge is -2.40. The highest BCUT2D eigenvalue weighted by molar-refractivity contribution is 4.89. The number of hydrogen-bond donors (Lipinski definition) is 8. The summed E-state index contributed by atoms with van der Waals surface area (Å²) in [7, 11) is 0. The van der Waals surface area contributed by atoms with E-state index in [0.717, 1.165) is 0 Å². The molecular formula is C12H22O13. The van der Waals surface area contributed by atoms with Gasteiger partial charge in [0.25, 0.3) is 0 Å². The van der Waals surface area contributed by atoms with Gasteiger partial charge in [-0.3, -0.25) is 0 Å². The lowest BCUT2D eigenvalue weighted by atomic mass is 9.99. The summed E-state index contributed by atoms with van der Waals surface area (Å²) in [6.45, 7) is -1.36. The van der Waals surface area contributed by atoms with Gasteiger partial charge in [0.15, 0.2) is 0 Å². The molecule has 0 spiro atoms. The van der Waals surface area contributed by atoms with E-state index in [0.29, 0.717) is 0 Å². The van der Waals surface area contributed by atoms with Crippen molar-refractivity contribution in [3.8, 4) is 0 Å². The van der Waals surface area contributed by atoms with Gasteiger partial charge in [-0.05, 0) is 0 Å². The Bertz CT molecular complexity index is 370. The number of aliphatic hydroxyl groups excluding tert-OH is 8. The third-order valence-electron chi connectivity index (χ3n) is 3.97. The van der Waals surface area contributed by atoms with Crippen LogP contribution in [0.25, 0.3) is 0 Å². The van der Waals surface area contributed by atoms with Crippen LogP contribution in [0.2, 0.25) is 0 Å². The molecule has 0 aliphatic carbocycles. The van der Waals surface area contributed by atoms with Crippen molar-refractivity contribution in [2.45, 2.75) is 61.4 Å². The summed E-state index contributed by atoms with van der Waals surface area (Å²) >= 11 is 0. The van der Waals surface area contributed by atoms with E-state index in [1.807, 2.05) is 0 Å². The summed E-state index contributed by atoms with van der Waals surface area (Å²) in [6, 6.07) is 0. The standard InChI is InChI=1S/C12H22O13/c13-1-3-5(15)7(17)9(19)11(21-3)23-25-24-12-10(20)8(18)6(16)4(2-14)22-12/h3-20H,1-2H2/t3-,4-,5-,6-,7+,8+,9-,10-,11-,12-/m1/s1. The Morgan fingerprint density at radius 3 is 1.24 bits per heavy atom. The molecule has 148 valence electrons. The van der Waals surface area contributed by atoms with Gasteiger partial charge in [0.05, 0.1) is 13.2 Å². The summed E-state index contributed by atoms with van der Waals surface area (Å²) in [4.78, 5) is 9.11. The average molecular weight is 374 g/mol. The topological polar surface area (TPSA) is 208 Å². The van der Waals surface area contributed by atoms with Crippen molar-refractivity contribution in [2.24, 2.45) is 0 Å². The van der Waals surface area contributed by atoms with E-state index in [4.69, 9.17) is 19.7 Å². The molecule has 2 rings (SSSR count). The summed E-state index contributed by atoms with van der Waals surface area (Å²) in [5.74, 6) is 0. The molecule has 0 aromatic carbocycles. The second kappa shape index (κ2) is 8.92. The highest BCUT2D eigenvalue weighted by Gasteiger charge is 2.47. The van der Waals surface area contributed by atoms with E-state index in [9.17, 15) is 30.6 Å². The van der Waals surface area contributed by atoms with Gasteiger partial charge in [-0.2, -0.15) is 9.78 Å². The van der Waals surface area contributed by atoms with Gasteiger partial charge in [-0.15, -0.1) is 0 Å². The number of hydrogen-bond acceptors (Lipinski definition) is 13. The van der Waals surface area contributed by atoms with E-state index in [2.05, 4.69) is 14.8 Å². The maximum absolute atomic E-state index is 9.70. The lowest BCUT2D eigenvalue weighted by molar-refractivity contribution is -0.595. The van der Waals surface area contributed by atoms with E-state index >= 15 is 0 Å². The smallest absolute Gasteiger partial charge is 0.223 e. The molecule has 8 N–H and O–H groups in total. The van der Waals surface area contributed by atoms with Crippen molar-refractivity contribution >= 4 is 0 Å². The molecule has 2 aliphatic rings. The van der Waals surface area contributed by atoms with Crippen LogP contribution in [0.1, 0.15) is 0 Å². The van der Waals surface area contributed by atoms with Crippen LogP contribution in [-0.2, 0) is 24.3 Å². The normalized spacial score (nSPS) is 48.5. The van der Waals surface area contributed by atoms with Gasteiger partial charge in [0.1, 0.15) is 48.8 Å². The van der Waals surface area contributed by atoms with E-state index in [1.54, 1.807) is 0 Å². The van der Waals surface area contributed by atoms with Crippen LogP contribution >= 0.6 is 0 Å². The zero-order valence-corrected chi connectivity index (χ0v) is 12.8. The van der Waals surface area contributed by atoms with Gasteiger partial charge in [0, 0.05) is 0 Å². The molecule has 2 aliphatic heterocycles. The van der Waals surface area contributed by atoms with Gasteiger partial charge in [0.2, 0.25) is 12.6 Å². The lowest BCUT2D eigenvalue weighted by Crippen LogP contribution is -2.60. The number of rotatable bonds is 6. The van der Waals surface area contributed by atoms with Gasteiger partial charge < -0.3 is 50.3 Å². The molecule has 0 radical (unpaired) electrons. The highest BCUT2D eigenvalue weighted by atomic mass is 17.5. The molecule has 0 amide bonds. The van der Waals surface area contributed by atoms with Crippen molar-refractivity contribution in [2.75, 3.05) is 13.2 Å². The molecule has 13 heteroatoms. The van der Waals surface area contributed by atoms with Gasteiger partial charge in [-0.25, -0.2) is 0 Å². The van der Waals surface area contributed by atoms with Crippen molar-refractivity contribution < 1.29 is 65.1 Å². The quantitative estimate of drug-likeness (QED) is 0.161. The van der Waals surface area contributed by atoms with Gasteiger partial charge in [-0.1, -0.05) is 5.04 Å². The van der Waals surface area contributed by atoms with Crippen LogP contribution in [0.5, 0.6) is 0 Å². The van der Waals surface area contributed by atoms with E-state index in [-0.39, 0.29) is 0 Å². The Balaban J connectivity index is 1.87. The molecule has 0 aromatic heterocycles. The third kappa shape index (κ3) is 4.42. The minimum Gasteiger partial charge on any atom is -0.394 e. The SMILES string of the molecule is OC[C@H]1O[C@H](OOO[C@H]2O[C@H](CO)[C@@H](O)[C@H](O)[C@H]2O)[C@H](O)[C@@H](O)[C@@H]1O. The van der Waals surface area contributed by atoms with Crippen molar-refractivity contribution in [1.82, 2.24) is 0 Å². The Morgan fingerprint density at radius 1 is 0.560 bits per heavy atom. The first-order chi connectivity index (χ1) is 11.8. The fourth-order valence-electron chi connectivity index (χ4n) is 2.39. The molecule has 0 saturated carbocycles. The first-order valence-electron chi connectivity index (χ1n) is 7.41. The molecular weight excluding hydrogens is 352 g/mol. The summed E-state index contributed by atoms with van der Waals surface area (Å²) in [5.41, 5.74) is 0. The largest absolute Gasteiger partial charge is 0.394 e. The first kappa shape index (κ1) is 20.8. The minimum absolute atomic E-state index is 0.682. The third-order valence-corrected chi connectivity index (χ3v) is 3.97. The number of aliphatic hydroxyl groups is 8. The number of ether oxygens (including phenoxy) is 2. The van der Waals surface area contributed by atoms with Crippen molar-refractivity contribution in [3.05, 3.63) is 0 Å². The molecule has 25 heavy (non-hydrogen) atoms. The van der Waals surface area contributed by atoms with Gasteiger partial charge >= 0.3 is 0 Å². The van der Waals surface area contributed by atoms with Crippen LogP contribution in [0.4, 0.5) is 0 Å². The molecule has 0 bridgehead atoms. The van der Waals surface area contributed by atoms with Crippen molar-refractivity contribution in [1.29, 1.82) is 0 Å². The summed E-state index contributed by atoms with van der Waals surface area (Å²) in [6.07, 6.45) is -15.9. The predicted octanol–water partition coefficient (Wildman–Crippen LogP) is -5.53. The Labute approximate surface area is 141 Å². The minimum atomic E-state index is -1.75. The fraction of sp³-hybridized carbons (Fsp3) is 1.00. The van der Waals surface area contributed by atoms with Crippen LogP contribution in [-0.4, -0.2) is 115 Å². The zero-order valence-electron chi connectivity index (χ0n) is 12.8. The summed E-state index contributed by atoms with van der Waals surface area (Å²) in [5, 5.41) is 80.1. The molecule has 2 heterocycles. The Morgan fingerprint density at radius 2 is 0.920 bits per heavy atom. The van der Waals surface area contributed by atoms with Crippen LogP contribution in [0.15, 0.2) is 0 Å². The maximum Gasteiger partial charge on any atom is 0.223 e. The molecule has 2 fully saturated rings. The van der Waals surface area contributed by atoms with Crippen LogP contribution in [0.3, 0.4) is 0 Å². The monoisotopic (exact) mass is 374 g/mol.